The molecule has 0 atom stereocenters. The van der Waals surface area contributed by atoms with E-state index in [0.717, 1.165) is 6.42 Å². The van der Waals surface area contributed by atoms with E-state index in [4.69, 9.17) is 11.6 Å². The summed E-state index contributed by atoms with van der Waals surface area (Å²) < 4.78 is 0. The zero-order chi connectivity index (χ0) is 19.4. The lowest BCUT2D eigenvalue weighted by Gasteiger charge is -2.36. The van der Waals surface area contributed by atoms with Crippen LogP contribution in [0.25, 0.3) is 0 Å². The summed E-state index contributed by atoms with van der Waals surface area (Å²) in [6.07, 6.45) is 1.87. The lowest BCUT2D eigenvalue weighted by Crippen LogP contribution is -2.41. The van der Waals surface area contributed by atoms with Crippen LogP contribution in [0.2, 0.25) is 5.02 Å². The molecule has 1 aliphatic rings. The van der Waals surface area contributed by atoms with Crippen molar-refractivity contribution >= 4 is 40.8 Å². The summed E-state index contributed by atoms with van der Waals surface area (Å²) in [5, 5.41) is 15.3. The van der Waals surface area contributed by atoms with E-state index in [9.17, 15) is 19.5 Å². The van der Waals surface area contributed by atoms with Gasteiger partial charge in [-0.1, -0.05) is 18.0 Å². The van der Waals surface area contributed by atoms with Crippen molar-refractivity contribution < 1.29 is 19.5 Å². The predicted octanol–water partition coefficient (Wildman–Crippen LogP) is 4.18. The van der Waals surface area contributed by atoms with Crippen LogP contribution in [-0.4, -0.2) is 22.9 Å². The summed E-state index contributed by atoms with van der Waals surface area (Å²) >= 11 is 5.81. The van der Waals surface area contributed by atoms with E-state index < -0.39 is 11.4 Å². The van der Waals surface area contributed by atoms with Gasteiger partial charge in [0.05, 0.1) is 5.41 Å². The van der Waals surface area contributed by atoms with E-state index in [1.165, 1.54) is 0 Å². The number of amides is 2. The van der Waals surface area contributed by atoms with Gasteiger partial charge in [0, 0.05) is 28.4 Å². The topological polar surface area (TPSA) is 95.5 Å². The van der Waals surface area contributed by atoms with E-state index in [0.29, 0.717) is 34.8 Å². The Kier molecular flexibility index (Phi) is 5.46. The highest BCUT2D eigenvalue weighted by Gasteiger charge is 2.45. The number of hydrogen-bond donors (Lipinski definition) is 3. The molecule has 0 radical (unpaired) electrons. The van der Waals surface area contributed by atoms with Gasteiger partial charge in [-0.25, -0.2) is 0 Å². The predicted molar refractivity (Wildman–Crippen MR) is 103 cm³/mol. The second kappa shape index (κ2) is 7.80. The molecule has 1 fully saturated rings. The number of aliphatic carboxylic acids is 1. The van der Waals surface area contributed by atoms with Crippen LogP contribution in [0.3, 0.4) is 0 Å². The number of rotatable bonds is 6. The van der Waals surface area contributed by atoms with Crippen molar-refractivity contribution in [1.29, 1.82) is 0 Å². The molecule has 2 aromatic carbocycles. The number of nitrogens with one attached hydrogen (secondary N) is 2. The van der Waals surface area contributed by atoms with Gasteiger partial charge >= 0.3 is 5.97 Å². The number of hydrogen-bond acceptors (Lipinski definition) is 3. The average Bonchev–Trinajstić information content (AvgIpc) is 2.60. The molecule has 140 valence electrons. The van der Waals surface area contributed by atoms with Crippen molar-refractivity contribution in [3.8, 4) is 0 Å². The number of anilines is 2. The van der Waals surface area contributed by atoms with Gasteiger partial charge in [-0.15, -0.1) is 0 Å². The Morgan fingerprint density at radius 1 is 0.926 bits per heavy atom. The average molecular weight is 387 g/mol. The second-order valence-corrected chi connectivity index (χ2v) is 7.14. The summed E-state index contributed by atoms with van der Waals surface area (Å²) in [7, 11) is 0. The van der Waals surface area contributed by atoms with Crippen LogP contribution in [0.5, 0.6) is 0 Å². The monoisotopic (exact) mass is 386 g/mol. The largest absolute Gasteiger partial charge is 0.481 e. The van der Waals surface area contributed by atoms with Crippen molar-refractivity contribution in [3.63, 3.8) is 0 Å². The highest BCUT2D eigenvalue weighted by atomic mass is 35.5. The molecule has 0 bridgehead atoms. The van der Waals surface area contributed by atoms with Crippen molar-refractivity contribution in [2.45, 2.75) is 25.7 Å². The smallest absolute Gasteiger partial charge is 0.310 e. The summed E-state index contributed by atoms with van der Waals surface area (Å²) in [4.78, 5) is 35.7. The summed E-state index contributed by atoms with van der Waals surface area (Å²) in [5.74, 6) is -1.50. The molecule has 2 aromatic rings. The number of carbonyl (C=O) groups is 3. The van der Waals surface area contributed by atoms with Gasteiger partial charge in [0.2, 0.25) is 5.91 Å². The Morgan fingerprint density at radius 2 is 1.48 bits per heavy atom. The van der Waals surface area contributed by atoms with Crippen LogP contribution in [0.1, 0.15) is 36.0 Å². The van der Waals surface area contributed by atoms with Gasteiger partial charge in [-0.3, -0.25) is 14.4 Å². The third-order valence-corrected chi connectivity index (χ3v) is 5.05. The van der Waals surface area contributed by atoms with Crippen LogP contribution >= 0.6 is 11.6 Å². The molecular formula is C20H19ClN2O4. The minimum Gasteiger partial charge on any atom is -0.481 e. The van der Waals surface area contributed by atoms with Gasteiger partial charge in [-0.05, 0) is 61.4 Å². The molecule has 0 spiro atoms. The maximum Gasteiger partial charge on any atom is 0.310 e. The molecule has 7 heteroatoms. The molecule has 3 rings (SSSR count). The standard InChI is InChI=1S/C20H19ClN2O4/c21-14-4-2-13(3-5-14)18(25)23-16-8-6-15(7-9-16)22-17(24)12-20(19(26)27)10-1-11-20/h2-9H,1,10-12H2,(H,22,24)(H,23,25)(H,26,27). The second-order valence-electron chi connectivity index (χ2n) is 6.70. The highest BCUT2D eigenvalue weighted by molar-refractivity contribution is 6.30. The molecule has 6 nitrogen and oxygen atoms in total. The molecular weight excluding hydrogens is 368 g/mol. The van der Waals surface area contributed by atoms with Crippen LogP contribution in [0, 0.1) is 5.41 Å². The van der Waals surface area contributed by atoms with Crippen molar-refractivity contribution in [3.05, 3.63) is 59.1 Å². The fourth-order valence-electron chi connectivity index (χ4n) is 3.02. The van der Waals surface area contributed by atoms with Gasteiger partial charge in [0.25, 0.3) is 5.91 Å². The molecule has 0 saturated heterocycles. The van der Waals surface area contributed by atoms with Crippen molar-refractivity contribution in [1.82, 2.24) is 0 Å². The quantitative estimate of drug-likeness (QED) is 0.694. The molecule has 3 N–H and O–H groups in total. The highest BCUT2D eigenvalue weighted by Crippen LogP contribution is 2.44. The Morgan fingerprint density at radius 3 is 1.96 bits per heavy atom. The molecule has 1 saturated carbocycles. The van der Waals surface area contributed by atoms with Gasteiger partial charge in [0.1, 0.15) is 0 Å². The molecule has 0 heterocycles. The van der Waals surface area contributed by atoms with Gasteiger partial charge < -0.3 is 15.7 Å². The Balaban J connectivity index is 1.57. The number of benzene rings is 2. The van der Waals surface area contributed by atoms with E-state index in [1.807, 2.05) is 0 Å². The molecule has 0 aromatic heterocycles. The fourth-order valence-corrected chi connectivity index (χ4v) is 3.15. The first-order valence-electron chi connectivity index (χ1n) is 8.58. The number of halogens is 1. The first-order valence-corrected chi connectivity index (χ1v) is 8.96. The van der Waals surface area contributed by atoms with Gasteiger partial charge in [-0.2, -0.15) is 0 Å². The Bertz CT molecular complexity index is 859. The summed E-state index contributed by atoms with van der Waals surface area (Å²) in [6, 6.07) is 13.2. The molecule has 1 aliphatic carbocycles. The van der Waals surface area contributed by atoms with Crippen molar-refractivity contribution in [2.24, 2.45) is 5.41 Å². The van der Waals surface area contributed by atoms with Crippen LogP contribution in [0.4, 0.5) is 11.4 Å². The van der Waals surface area contributed by atoms with E-state index in [-0.39, 0.29) is 18.2 Å². The summed E-state index contributed by atoms with van der Waals surface area (Å²) in [5.41, 5.74) is 0.686. The van der Waals surface area contributed by atoms with Gasteiger partial charge in [0.15, 0.2) is 0 Å². The lowest BCUT2D eigenvalue weighted by molar-refractivity contribution is -0.157. The molecule has 27 heavy (non-hydrogen) atoms. The van der Waals surface area contributed by atoms with Crippen LogP contribution in [0.15, 0.2) is 48.5 Å². The first-order chi connectivity index (χ1) is 12.9. The summed E-state index contributed by atoms with van der Waals surface area (Å²) in [6.45, 7) is 0. The first kappa shape index (κ1) is 18.9. The zero-order valence-corrected chi connectivity index (χ0v) is 15.3. The Hall–Kier alpha value is -2.86. The maximum atomic E-state index is 12.2. The minimum atomic E-state index is -0.920. The van der Waals surface area contributed by atoms with E-state index in [2.05, 4.69) is 10.6 Å². The van der Waals surface area contributed by atoms with Crippen LogP contribution < -0.4 is 10.6 Å². The fraction of sp³-hybridized carbons (Fsp3) is 0.250. The maximum absolute atomic E-state index is 12.2. The normalized spacial score (nSPS) is 14.7. The SMILES string of the molecule is O=C(CC1(C(=O)O)CCC1)Nc1ccc(NC(=O)c2ccc(Cl)cc2)cc1. The zero-order valence-electron chi connectivity index (χ0n) is 14.5. The third-order valence-electron chi connectivity index (χ3n) is 4.80. The van der Waals surface area contributed by atoms with Crippen LogP contribution in [-0.2, 0) is 9.59 Å². The number of carboxylic acids is 1. The van der Waals surface area contributed by atoms with Crippen molar-refractivity contribution in [2.75, 3.05) is 10.6 Å². The lowest BCUT2D eigenvalue weighted by atomic mass is 9.66. The van der Waals surface area contributed by atoms with E-state index >= 15 is 0 Å². The molecule has 2 amide bonds. The number of carboxylic acid groups (broad SMARTS) is 1. The number of carbonyl (C=O) groups excluding carboxylic acids is 2. The molecule has 0 unspecified atom stereocenters. The molecule has 0 aliphatic heterocycles. The van der Waals surface area contributed by atoms with E-state index in [1.54, 1.807) is 48.5 Å². The Labute approximate surface area is 161 Å². The minimum absolute atomic E-state index is 0.0304. The third kappa shape index (κ3) is 4.46.